The second kappa shape index (κ2) is 8.22. The third-order valence-corrected chi connectivity index (χ3v) is 6.24. The molecule has 4 rings (SSSR count). The number of amides is 1. The van der Waals surface area contributed by atoms with Crippen molar-refractivity contribution in [2.45, 2.75) is 19.0 Å². The van der Waals surface area contributed by atoms with Crippen LogP contribution in [-0.2, 0) is 11.8 Å². The first-order chi connectivity index (χ1) is 14.0. The smallest absolute Gasteiger partial charge is 0.236 e. The summed E-state index contributed by atoms with van der Waals surface area (Å²) >= 11 is 2.72. The number of carbonyl (C=O) groups excluding carboxylic acids is 1. The zero-order valence-corrected chi connectivity index (χ0v) is 17.8. The molecule has 0 unspecified atom stereocenters. The molecule has 0 aliphatic heterocycles. The van der Waals surface area contributed by atoms with Crippen LogP contribution in [0.1, 0.15) is 11.1 Å². The molecule has 7 nitrogen and oxygen atoms in total. The molecule has 9 heteroatoms. The van der Waals surface area contributed by atoms with Crippen LogP contribution in [-0.4, -0.2) is 31.4 Å². The van der Waals surface area contributed by atoms with Crippen molar-refractivity contribution < 1.29 is 9.21 Å². The first-order valence-corrected chi connectivity index (χ1v) is 10.8. The number of thioether (sulfide) groups is 1. The molecular formula is C20H19N5O2S2. The first-order valence-electron chi connectivity index (χ1n) is 8.90. The van der Waals surface area contributed by atoms with Crippen molar-refractivity contribution in [2.24, 2.45) is 7.05 Å². The molecular weight excluding hydrogens is 406 g/mol. The van der Waals surface area contributed by atoms with Gasteiger partial charge in [0.05, 0.1) is 17.7 Å². The van der Waals surface area contributed by atoms with Gasteiger partial charge in [-0.25, -0.2) is 4.98 Å². The minimum Gasteiger partial charge on any atom is -0.461 e. The summed E-state index contributed by atoms with van der Waals surface area (Å²) in [6.45, 7) is 4.16. The van der Waals surface area contributed by atoms with Gasteiger partial charge in [-0.2, -0.15) is 0 Å². The number of rotatable bonds is 6. The summed E-state index contributed by atoms with van der Waals surface area (Å²) in [6.07, 6.45) is 1.59. The lowest BCUT2D eigenvalue weighted by Crippen LogP contribution is -2.14. The van der Waals surface area contributed by atoms with E-state index in [9.17, 15) is 4.79 Å². The molecule has 0 aliphatic rings. The normalized spacial score (nSPS) is 11.0. The van der Waals surface area contributed by atoms with E-state index >= 15 is 0 Å². The molecule has 1 amide bonds. The Morgan fingerprint density at radius 1 is 1.24 bits per heavy atom. The molecule has 29 heavy (non-hydrogen) atoms. The number of thiazole rings is 1. The van der Waals surface area contributed by atoms with E-state index in [1.807, 2.05) is 24.6 Å². The molecule has 1 N–H and O–H groups in total. The number of hydrogen-bond acceptors (Lipinski definition) is 7. The van der Waals surface area contributed by atoms with Crippen molar-refractivity contribution in [1.29, 1.82) is 0 Å². The van der Waals surface area contributed by atoms with Gasteiger partial charge in [0.15, 0.2) is 21.9 Å². The van der Waals surface area contributed by atoms with Crippen molar-refractivity contribution in [3.8, 4) is 22.8 Å². The number of carbonyl (C=O) groups is 1. The first kappa shape index (κ1) is 19.4. The molecule has 0 aliphatic carbocycles. The van der Waals surface area contributed by atoms with E-state index in [1.165, 1.54) is 34.2 Å². The Hall–Kier alpha value is -2.91. The Balaban J connectivity index is 1.37. The largest absolute Gasteiger partial charge is 0.461 e. The summed E-state index contributed by atoms with van der Waals surface area (Å²) in [5.74, 6) is 1.33. The lowest BCUT2D eigenvalue weighted by Gasteiger charge is -2.03. The number of furan rings is 1. The SMILES string of the molecule is Cc1ccc(-c2csc(NC(=O)CSc3nnc(-c4ccco4)n3C)n2)cc1C. The maximum absolute atomic E-state index is 12.3. The molecule has 0 atom stereocenters. The molecule has 148 valence electrons. The van der Waals surface area contributed by atoms with Crippen molar-refractivity contribution in [2.75, 3.05) is 11.1 Å². The zero-order chi connectivity index (χ0) is 20.4. The Bertz CT molecular complexity index is 1150. The minimum atomic E-state index is -0.140. The standard InChI is InChI=1S/C20H19N5O2S2/c1-12-6-7-14(9-13(12)2)15-10-28-19(21-15)22-17(26)11-29-20-24-23-18(25(20)3)16-5-4-8-27-16/h4-10H,11H2,1-3H3,(H,21,22,26). The van der Waals surface area contributed by atoms with Gasteiger partial charge in [-0.15, -0.1) is 21.5 Å². The number of anilines is 1. The van der Waals surface area contributed by atoms with E-state index < -0.39 is 0 Å². The average molecular weight is 426 g/mol. The fourth-order valence-electron chi connectivity index (χ4n) is 2.71. The van der Waals surface area contributed by atoms with Crippen molar-refractivity contribution in [3.05, 3.63) is 53.1 Å². The maximum Gasteiger partial charge on any atom is 0.236 e. The quantitative estimate of drug-likeness (QED) is 0.456. The van der Waals surface area contributed by atoms with Crippen LogP contribution in [0.5, 0.6) is 0 Å². The summed E-state index contributed by atoms with van der Waals surface area (Å²) in [7, 11) is 1.84. The van der Waals surface area contributed by atoms with Crippen LogP contribution in [0, 0.1) is 13.8 Å². The molecule has 0 spiro atoms. The Labute approximate surface area is 176 Å². The third kappa shape index (κ3) is 4.25. The van der Waals surface area contributed by atoms with E-state index in [0.717, 1.165) is 11.3 Å². The van der Waals surface area contributed by atoms with Crippen LogP contribution in [0.15, 0.2) is 51.5 Å². The number of benzene rings is 1. The Morgan fingerprint density at radius 2 is 2.10 bits per heavy atom. The fourth-order valence-corrected chi connectivity index (χ4v) is 4.16. The predicted octanol–water partition coefficient (Wildman–Crippen LogP) is 4.55. The highest BCUT2D eigenvalue weighted by atomic mass is 32.2. The molecule has 4 aromatic rings. The number of hydrogen-bond donors (Lipinski definition) is 1. The number of aryl methyl sites for hydroxylation is 2. The van der Waals surface area contributed by atoms with Crippen LogP contribution < -0.4 is 5.32 Å². The van der Waals surface area contributed by atoms with Gasteiger partial charge in [0.25, 0.3) is 0 Å². The van der Waals surface area contributed by atoms with Crippen LogP contribution in [0.3, 0.4) is 0 Å². The monoisotopic (exact) mass is 425 g/mol. The highest BCUT2D eigenvalue weighted by Crippen LogP contribution is 2.27. The van der Waals surface area contributed by atoms with Crippen LogP contribution in [0.2, 0.25) is 0 Å². The van der Waals surface area contributed by atoms with Gasteiger partial charge in [0.1, 0.15) is 0 Å². The average Bonchev–Trinajstić information content (AvgIpc) is 3.44. The van der Waals surface area contributed by atoms with Crippen LogP contribution in [0.4, 0.5) is 5.13 Å². The summed E-state index contributed by atoms with van der Waals surface area (Å²) in [4.78, 5) is 16.9. The zero-order valence-electron chi connectivity index (χ0n) is 16.2. The van der Waals surface area contributed by atoms with E-state index in [0.29, 0.717) is 21.9 Å². The molecule has 3 heterocycles. The number of aromatic nitrogens is 4. The van der Waals surface area contributed by atoms with Gasteiger partial charge in [0, 0.05) is 18.0 Å². The molecule has 0 fully saturated rings. The molecule has 0 saturated carbocycles. The van der Waals surface area contributed by atoms with Gasteiger partial charge >= 0.3 is 0 Å². The topological polar surface area (TPSA) is 85.8 Å². The van der Waals surface area contributed by atoms with E-state index in [-0.39, 0.29) is 11.7 Å². The summed E-state index contributed by atoms with van der Waals surface area (Å²) in [5.41, 5.74) is 4.37. The third-order valence-electron chi connectivity index (χ3n) is 4.46. The summed E-state index contributed by atoms with van der Waals surface area (Å²) in [6, 6.07) is 9.85. The Morgan fingerprint density at radius 3 is 2.86 bits per heavy atom. The van der Waals surface area contributed by atoms with Gasteiger partial charge in [-0.1, -0.05) is 23.9 Å². The molecule has 0 bridgehead atoms. The van der Waals surface area contributed by atoms with Crippen molar-refractivity contribution >= 4 is 34.1 Å². The van der Waals surface area contributed by atoms with Crippen molar-refractivity contribution in [1.82, 2.24) is 19.7 Å². The van der Waals surface area contributed by atoms with Crippen LogP contribution in [0.25, 0.3) is 22.8 Å². The minimum absolute atomic E-state index is 0.140. The lowest BCUT2D eigenvalue weighted by molar-refractivity contribution is -0.113. The van der Waals surface area contributed by atoms with Gasteiger partial charge in [-0.3, -0.25) is 4.79 Å². The fraction of sp³-hybridized carbons (Fsp3) is 0.200. The van der Waals surface area contributed by atoms with E-state index in [1.54, 1.807) is 16.9 Å². The maximum atomic E-state index is 12.3. The molecule has 0 radical (unpaired) electrons. The van der Waals surface area contributed by atoms with Crippen LogP contribution >= 0.6 is 23.1 Å². The number of nitrogens with zero attached hydrogens (tertiary/aromatic N) is 4. The van der Waals surface area contributed by atoms with Gasteiger partial charge in [-0.05, 0) is 43.2 Å². The highest BCUT2D eigenvalue weighted by molar-refractivity contribution is 7.99. The molecule has 1 aromatic carbocycles. The van der Waals surface area contributed by atoms with Gasteiger partial charge in [0.2, 0.25) is 5.91 Å². The second-order valence-electron chi connectivity index (χ2n) is 6.52. The molecule has 0 saturated heterocycles. The molecule has 3 aromatic heterocycles. The summed E-state index contributed by atoms with van der Waals surface area (Å²) in [5, 5.41) is 14.3. The Kier molecular flexibility index (Phi) is 5.50. The number of nitrogens with one attached hydrogen (secondary N) is 1. The lowest BCUT2D eigenvalue weighted by atomic mass is 10.1. The highest BCUT2D eigenvalue weighted by Gasteiger charge is 2.15. The van der Waals surface area contributed by atoms with E-state index in [4.69, 9.17) is 4.42 Å². The van der Waals surface area contributed by atoms with E-state index in [2.05, 4.69) is 46.5 Å². The van der Waals surface area contributed by atoms with Crippen molar-refractivity contribution in [3.63, 3.8) is 0 Å². The van der Waals surface area contributed by atoms with Gasteiger partial charge < -0.3 is 14.3 Å². The predicted molar refractivity (Wildman–Crippen MR) is 115 cm³/mol. The second-order valence-corrected chi connectivity index (χ2v) is 8.32. The summed E-state index contributed by atoms with van der Waals surface area (Å²) < 4.78 is 7.16.